The Morgan fingerprint density at radius 1 is 1.02 bits per heavy atom. The first-order valence-electron chi connectivity index (χ1n) is 18.2. The number of aliphatic hydroxyl groups is 2. The maximum Gasteiger partial charge on any atom is 0.316 e. The van der Waals surface area contributed by atoms with Crippen LogP contribution in [0, 0.1) is 23.7 Å². The van der Waals surface area contributed by atoms with Gasteiger partial charge in [0.15, 0.2) is 18.2 Å². The molecule has 13 heteroatoms. The lowest BCUT2D eigenvalue weighted by Crippen LogP contribution is -2.60. The van der Waals surface area contributed by atoms with Crippen molar-refractivity contribution in [2.45, 2.75) is 156 Å². The highest BCUT2D eigenvalue weighted by atomic mass is 16.7. The van der Waals surface area contributed by atoms with Crippen LogP contribution in [0.1, 0.15) is 102 Å². The molecule has 0 aromatic heterocycles. The second kappa shape index (κ2) is 18.5. The van der Waals surface area contributed by atoms with E-state index in [9.17, 15) is 29.4 Å². The van der Waals surface area contributed by atoms with Gasteiger partial charge >= 0.3 is 11.9 Å². The summed E-state index contributed by atoms with van der Waals surface area (Å²) in [7, 11) is 3.70. The van der Waals surface area contributed by atoms with Crippen LogP contribution in [0.3, 0.4) is 0 Å². The number of amides is 1. The van der Waals surface area contributed by atoms with E-state index in [2.05, 4.69) is 11.6 Å². The van der Waals surface area contributed by atoms with Gasteiger partial charge < -0.3 is 38.8 Å². The van der Waals surface area contributed by atoms with Crippen LogP contribution in [0.4, 0.5) is 0 Å². The Hall–Kier alpha value is -2.55. The van der Waals surface area contributed by atoms with E-state index >= 15 is 0 Å². The molecule has 13 nitrogen and oxygen atoms in total. The monoisotopic (exact) mass is 724 g/mol. The molecule has 51 heavy (non-hydrogen) atoms. The molecule has 0 aromatic carbocycles. The third-order valence-corrected chi connectivity index (χ3v) is 10.4. The van der Waals surface area contributed by atoms with E-state index in [1.54, 1.807) is 27.7 Å². The molecular formula is C38H64N2O11. The van der Waals surface area contributed by atoms with Gasteiger partial charge in [-0.2, -0.15) is 0 Å². The van der Waals surface area contributed by atoms with Crippen LogP contribution >= 0.6 is 0 Å². The summed E-state index contributed by atoms with van der Waals surface area (Å²) in [5.74, 6) is -6.21. The van der Waals surface area contributed by atoms with Gasteiger partial charge in [0.2, 0.25) is 5.91 Å². The van der Waals surface area contributed by atoms with Gasteiger partial charge in [0.25, 0.3) is 0 Å². The first-order valence-corrected chi connectivity index (χ1v) is 18.2. The Bertz CT molecular complexity index is 1280. The molecule has 0 saturated carbocycles. The number of ketones is 1. The van der Waals surface area contributed by atoms with Crippen molar-refractivity contribution in [3.8, 4) is 0 Å². The first kappa shape index (κ1) is 44.6. The lowest BCUT2D eigenvalue weighted by Gasteiger charge is -2.47. The molecule has 2 heterocycles. The second-order valence-corrected chi connectivity index (χ2v) is 15.3. The van der Waals surface area contributed by atoms with E-state index in [1.807, 2.05) is 32.8 Å². The summed E-state index contributed by atoms with van der Waals surface area (Å²) >= 11 is 0. The summed E-state index contributed by atoms with van der Waals surface area (Å²) in [5.41, 5.74) is -2.50. The van der Waals surface area contributed by atoms with Crippen LogP contribution in [0.15, 0.2) is 17.1 Å². The predicted octanol–water partition coefficient (Wildman–Crippen LogP) is 4.05. The fraction of sp³-hybridized carbons (Fsp3) is 0.816. The molecule has 1 unspecified atom stereocenters. The van der Waals surface area contributed by atoms with Crippen LogP contribution < -0.4 is 0 Å². The van der Waals surface area contributed by atoms with Gasteiger partial charge in [0, 0.05) is 31.4 Å². The van der Waals surface area contributed by atoms with E-state index in [-0.39, 0.29) is 31.6 Å². The van der Waals surface area contributed by atoms with Gasteiger partial charge in [-0.25, -0.2) is 4.99 Å². The zero-order valence-electron chi connectivity index (χ0n) is 33.1. The molecule has 2 N–H and O–H groups in total. The molecule has 0 aromatic rings. The van der Waals surface area contributed by atoms with Crippen molar-refractivity contribution in [1.29, 1.82) is 0 Å². The highest BCUT2D eigenvalue weighted by Gasteiger charge is 2.52. The molecule has 0 spiro atoms. The van der Waals surface area contributed by atoms with Crippen molar-refractivity contribution in [1.82, 2.24) is 4.90 Å². The molecule has 2 aliphatic rings. The molecule has 2 aliphatic heterocycles. The molecule has 2 fully saturated rings. The minimum Gasteiger partial charge on any atom is -0.459 e. The molecule has 0 bridgehead atoms. The van der Waals surface area contributed by atoms with Gasteiger partial charge in [0.1, 0.15) is 17.6 Å². The van der Waals surface area contributed by atoms with Crippen LogP contribution in [-0.2, 0) is 42.9 Å². The third-order valence-electron chi connectivity index (χ3n) is 10.4. The average molecular weight is 725 g/mol. The molecule has 1 amide bonds. The highest BCUT2D eigenvalue weighted by molar-refractivity contribution is 6.00. The number of ether oxygens (including phenoxy) is 5. The zero-order chi connectivity index (χ0) is 39.2. The lowest BCUT2D eigenvalue weighted by atomic mass is 9.74. The van der Waals surface area contributed by atoms with Crippen LogP contribution in [0.25, 0.3) is 0 Å². The van der Waals surface area contributed by atoms with E-state index in [0.717, 1.165) is 5.57 Å². The molecule has 0 aliphatic carbocycles. The standard InChI is InChI=1S/C38H64N2O11/c1-15-20(3)19-47-34-23(6)30(39-26(9)41)21(4)18-37(11,45)33(24(7)31(43)25(8)35(44)50-29(16-2)38(34,12)46)51-36-32(49-27(10)42)28(40(13)14)17-22(5)48-36/h21-25,28-29,32-34,36,45-46H,3,15-19H2,1-2,4-14H3/t21-,22-,23+,24+,25-,28+,29-,32-,33?,34-,36+,37-,38-/m1/s1. The van der Waals surface area contributed by atoms with Gasteiger partial charge in [-0.05, 0) is 73.4 Å². The normalized spacial score (nSPS) is 39.7. The molecule has 13 atom stereocenters. The number of rotatable bonds is 9. The number of esters is 2. The number of likely N-dealkylation sites (N-methyl/N-ethyl adjacent to an activating group) is 1. The molecule has 2 rings (SSSR count). The summed E-state index contributed by atoms with van der Waals surface area (Å²) in [6.45, 7) is 21.8. The SMILES string of the molecule is C=C(CC)CO[C@@H]1[C@@H](C)C(=NC(C)=O)[C@H](C)C[C@@](C)(O)C(O[C@@H]2O[C@H](C)C[C@H](N(C)C)[C@H]2OC(C)=O)[C@@H](C)C(=O)[C@@H](C)C(=O)O[C@H](CC)[C@@]1(C)O. The number of nitrogens with zero attached hydrogens (tertiary/aromatic N) is 2. The highest BCUT2D eigenvalue weighted by Crippen LogP contribution is 2.38. The quantitative estimate of drug-likeness (QED) is 0.199. The number of hydrogen-bond donors (Lipinski definition) is 2. The number of aliphatic imine (C=N–C) groups is 1. The Morgan fingerprint density at radius 2 is 1.63 bits per heavy atom. The number of carbonyl (C=O) groups excluding carboxylic acids is 4. The molecule has 292 valence electrons. The Labute approximate surface area is 304 Å². The Kier molecular flexibility index (Phi) is 16.2. The zero-order valence-corrected chi connectivity index (χ0v) is 33.1. The lowest BCUT2D eigenvalue weighted by molar-refractivity contribution is -0.295. The second-order valence-electron chi connectivity index (χ2n) is 15.3. The number of cyclic esters (lactones) is 1. The van der Waals surface area contributed by atoms with Gasteiger partial charge in [-0.3, -0.25) is 19.2 Å². The van der Waals surface area contributed by atoms with Crippen LogP contribution in [0.2, 0.25) is 0 Å². The minimum atomic E-state index is -1.81. The number of Topliss-reactive ketones (excluding diaryl/α,β-unsaturated/α-hetero) is 1. The van der Waals surface area contributed by atoms with Gasteiger partial charge in [-0.15, -0.1) is 0 Å². The molecular weight excluding hydrogens is 660 g/mol. The maximum absolute atomic E-state index is 14.1. The van der Waals surface area contributed by atoms with Crippen molar-refractivity contribution in [3.63, 3.8) is 0 Å². The fourth-order valence-electron chi connectivity index (χ4n) is 7.57. The van der Waals surface area contributed by atoms with Gasteiger partial charge in [0.05, 0.1) is 36.6 Å². The Morgan fingerprint density at radius 3 is 2.14 bits per heavy atom. The summed E-state index contributed by atoms with van der Waals surface area (Å²) in [6.07, 6.45) is -4.57. The maximum atomic E-state index is 14.1. The average Bonchev–Trinajstić information content (AvgIpc) is 3.02. The van der Waals surface area contributed by atoms with E-state index < -0.39 is 89.2 Å². The van der Waals surface area contributed by atoms with Gasteiger partial charge in [-0.1, -0.05) is 46.8 Å². The first-order chi connectivity index (χ1) is 23.5. The van der Waals surface area contributed by atoms with Crippen LogP contribution in [-0.4, -0.2) is 119 Å². The number of carbonyl (C=O) groups is 4. The Balaban J connectivity index is 2.80. The predicted molar refractivity (Wildman–Crippen MR) is 192 cm³/mol. The van der Waals surface area contributed by atoms with Crippen LogP contribution in [0.5, 0.6) is 0 Å². The summed E-state index contributed by atoms with van der Waals surface area (Å²) < 4.78 is 30.7. The summed E-state index contributed by atoms with van der Waals surface area (Å²) in [6, 6.07) is -0.306. The van der Waals surface area contributed by atoms with Crippen molar-refractivity contribution in [2.75, 3.05) is 20.7 Å². The van der Waals surface area contributed by atoms with E-state index in [1.165, 1.54) is 34.6 Å². The van der Waals surface area contributed by atoms with Crippen molar-refractivity contribution >= 4 is 29.3 Å². The minimum absolute atomic E-state index is 0.0596. The fourth-order valence-corrected chi connectivity index (χ4v) is 7.57. The number of hydrogen-bond acceptors (Lipinski definition) is 12. The van der Waals surface area contributed by atoms with Crippen molar-refractivity contribution in [2.24, 2.45) is 28.7 Å². The summed E-state index contributed by atoms with van der Waals surface area (Å²) in [5, 5.41) is 24.5. The largest absolute Gasteiger partial charge is 0.459 e. The van der Waals surface area contributed by atoms with Crippen molar-refractivity contribution in [3.05, 3.63) is 12.2 Å². The smallest absolute Gasteiger partial charge is 0.316 e. The summed E-state index contributed by atoms with van der Waals surface area (Å²) in [4.78, 5) is 59.0. The topological polar surface area (TPSA) is 170 Å². The molecule has 0 radical (unpaired) electrons. The van der Waals surface area contributed by atoms with E-state index in [0.29, 0.717) is 18.6 Å². The molecule has 2 saturated heterocycles. The third kappa shape index (κ3) is 11.2. The van der Waals surface area contributed by atoms with E-state index in [4.69, 9.17) is 23.7 Å². The van der Waals surface area contributed by atoms with Crippen molar-refractivity contribution < 1.29 is 53.1 Å².